The smallest absolute Gasteiger partial charge is 0.325 e. The van der Waals surface area contributed by atoms with Crippen LogP contribution in [0.15, 0.2) is 36.7 Å². The average molecular weight is 261 g/mol. The molecular formula is C13H12FN3O2. The molecule has 0 bridgehead atoms. The van der Waals surface area contributed by atoms with Crippen LogP contribution in [-0.4, -0.2) is 27.1 Å². The molecule has 0 aliphatic carbocycles. The number of aromatic nitrogens is 2. The quantitative estimate of drug-likeness (QED) is 0.882. The summed E-state index contributed by atoms with van der Waals surface area (Å²) in [6.45, 7) is 1.50. The number of hydrogen-bond donors (Lipinski definition) is 2. The number of benzene rings is 1. The minimum absolute atomic E-state index is 0.237. The predicted molar refractivity (Wildman–Crippen MR) is 68.1 cm³/mol. The molecular weight excluding hydrogens is 249 g/mol. The van der Waals surface area contributed by atoms with E-state index < -0.39 is 12.0 Å². The lowest BCUT2D eigenvalue weighted by Crippen LogP contribution is -2.26. The molecule has 2 aromatic rings. The number of carboxylic acids is 1. The molecule has 1 atom stereocenters. The Bertz CT molecular complexity index is 569. The first-order valence-corrected chi connectivity index (χ1v) is 5.63. The molecule has 0 radical (unpaired) electrons. The highest BCUT2D eigenvalue weighted by Crippen LogP contribution is 2.18. The first kappa shape index (κ1) is 12.9. The SMILES string of the molecule is CC(Nc1ncc(-c2ccc(F)cc2)cn1)C(=O)O. The van der Waals surface area contributed by atoms with Crippen LogP contribution in [0.1, 0.15) is 6.92 Å². The van der Waals surface area contributed by atoms with E-state index in [9.17, 15) is 9.18 Å². The van der Waals surface area contributed by atoms with Crippen molar-refractivity contribution in [3.63, 3.8) is 0 Å². The van der Waals surface area contributed by atoms with E-state index in [1.807, 2.05) is 0 Å². The summed E-state index contributed by atoms with van der Waals surface area (Å²) >= 11 is 0. The monoisotopic (exact) mass is 261 g/mol. The highest BCUT2D eigenvalue weighted by atomic mass is 19.1. The molecule has 0 spiro atoms. The van der Waals surface area contributed by atoms with Crippen LogP contribution in [0.25, 0.3) is 11.1 Å². The van der Waals surface area contributed by atoms with Gasteiger partial charge in [-0.05, 0) is 24.6 Å². The maximum Gasteiger partial charge on any atom is 0.325 e. The van der Waals surface area contributed by atoms with E-state index in [1.165, 1.54) is 19.1 Å². The maximum atomic E-state index is 12.8. The van der Waals surface area contributed by atoms with Crippen molar-refractivity contribution in [1.29, 1.82) is 0 Å². The number of rotatable bonds is 4. The Labute approximate surface area is 109 Å². The van der Waals surface area contributed by atoms with Crippen LogP contribution in [0.4, 0.5) is 10.3 Å². The second-order valence-electron chi connectivity index (χ2n) is 4.01. The zero-order valence-corrected chi connectivity index (χ0v) is 10.2. The predicted octanol–water partition coefficient (Wildman–Crippen LogP) is 2.17. The highest BCUT2D eigenvalue weighted by Gasteiger charge is 2.11. The summed E-state index contributed by atoms with van der Waals surface area (Å²) in [5.41, 5.74) is 1.52. The van der Waals surface area contributed by atoms with Gasteiger partial charge in [-0.3, -0.25) is 4.79 Å². The minimum atomic E-state index is -0.980. The van der Waals surface area contributed by atoms with Crippen molar-refractivity contribution >= 4 is 11.9 Å². The third-order valence-corrected chi connectivity index (χ3v) is 2.55. The van der Waals surface area contributed by atoms with Crippen molar-refractivity contribution in [3.05, 3.63) is 42.5 Å². The highest BCUT2D eigenvalue weighted by molar-refractivity contribution is 5.76. The number of nitrogens with one attached hydrogen (secondary N) is 1. The Kier molecular flexibility index (Phi) is 3.70. The van der Waals surface area contributed by atoms with Crippen molar-refractivity contribution in [1.82, 2.24) is 9.97 Å². The second kappa shape index (κ2) is 5.43. The Morgan fingerprint density at radius 2 is 1.79 bits per heavy atom. The van der Waals surface area contributed by atoms with Crippen LogP contribution in [0, 0.1) is 5.82 Å². The van der Waals surface area contributed by atoms with Gasteiger partial charge in [0, 0.05) is 18.0 Å². The first-order chi connectivity index (χ1) is 9.06. The van der Waals surface area contributed by atoms with Crippen molar-refractivity contribution in [2.24, 2.45) is 0 Å². The molecule has 0 saturated carbocycles. The van der Waals surface area contributed by atoms with Gasteiger partial charge in [0.05, 0.1) is 0 Å². The Balaban J connectivity index is 2.14. The number of carbonyl (C=O) groups is 1. The zero-order chi connectivity index (χ0) is 13.8. The van der Waals surface area contributed by atoms with E-state index in [-0.39, 0.29) is 11.8 Å². The fourth-order valence-corrected chi connectivity index (χ4v) is 1.45. The Morgan fingerprint density at radius 3 is 2.32 bits per heavy atom. The van der Waals surface area contributed by atoms with Crippen LogP contribution in [0.3, 0.4) is 0 Å². The van der Waals surface area contributed by atoms with Gasteiger partial charge in [0.1, 0.15) is 11.9 Å². The van der Waals surface area contributed by atoms with Crippen molar-refractivity contribution in [2.75, 3.05) is 5.32 Å². The molecule has 0 aliphatic heterocycles. The van der Waals surface area contributed by atoms with Crippen LogP contribution >= 0.6 is 0 Å². The fourth-order valence-electron chi connectivity index (χ4n) is 1.45. The van der Waals surface area contributed by atoms with Crippen molar-refractivity contribution in [2.45, 2.75) is 13.0 Å². The third kappa shape index (κ3) is 3.25. The van der Waals surface area contributed by atoms with Crippen LogP contribution in [-0.2, 0) is 4.79 Å². The zero-order valence-electron chi connectivity index (χ0n) is 10.2. The van der Waals surface area contributed by atoms with E-state index in [2.05, 4.69) is 15.3 Å². The number of carboxylic acid groups (broad SMARTS) is 1. The lowest BCUT2D eigenvalue weighted by Gasteiger charge is -2.09. The summed E-state index contributed by atoms with van der Waals surface area (Å²) in [7, 11) is 0. The summed E-state index contributed by atoms with van der Waals surface area (Å²) in [6.07, 6.45) is 3.11. The molecule has 5 nitrogen and oxygen atoms in total. The van der Waals surface area contributed by atoms with E-state index in [0.29, 0.717) is 0 Å². The molecule has 0 saturated heterocycles. The lowest BCUT2D eigenvalue weighted by atomic mass is 10.1. The fraction of sp³-hybridized carbons (Fsp3) is 0.154. The van der Waals surface area contributed by atoms with Gasteiger partial charge in [0.25, 0.3) is 0 Å². The van der Waals surface area contributed by atoms with Crippen molar-refractivity contribution in [3.8, 4) is 11.1 Å². The molecule has 6 heteroatoms. The number of hydrogen-bond acceptors (Lipinski definition) is 4. The molecule has 0 fully saturated rings. The standard InChI is InChI=1S/C13H12FN3O2/c1-8(12(18)19)17-13-15-6-10(7-16-13)9-2-4-11(14)5-3-9/h2-8H,1H3,(H,18,19)(H,15,16,17). The molecule has 2 N–H and O–H groups in total. The van der Waals surface area contributed by atoms with Crippen LogP contribution in [0.2, 0.25) is 0 Å². The van der Waals surface area contributed by atoms with Gasteiger partial charge in [-0.15, -0.1) is 0 Å². The average Bonchev–Trinajstić information content (AvgIpc) is 2.40. The summed E-state index contributed by atoms with van der Waals surface area (Å²) < 4.78 is 12.8. The lowest BCUT2D eigenvalue weighted by molar-refractivity contribution is -0.137. The van der Waals surface area contributed by atoms with Gasteiger partial charge < -0.3 is 10.4 Å². The molecule has 1 aromatic carbocycles. The van der Waals surface area contributed by atoms with Crippen LogP contribution in [0.5, 0.6) is 0 Å². The van der Waals surface area contributed by atoms with Crippen molar-refractivity contribution < 1.29 is 14.3 Å². The summed E-state index contributed by atoms with van der Waals surface area (Å²) in [6, 6.07) is 5.20. The van der Waals surface area contributed by atoms with Gasteiger partial charge in [0.2, 0.25) is 5.95 Å². The normalized spacial score (nSPS) is 11.9. The minimum Gasteiger partial charge on any atom is -0.480 e. The topological polar surface area (TPSA) is 75.1 Å². The van der Waals surface area contributed by atoms with E-state index in [0.717, 1.165) is 11.1 Å². The van der Waals surface area contributed by atoms with Gasteiger partial charge in [-0.25, -0.2) is 14.4 Å². The van der Waals surface area contributed by atoms with Gasteiger partial charge >= 0.3 is 5.97 Å². The van der Waals surface area contributed by atoms with Crippen LogP contribution < -0.4 is 5.32 Å². The summed E-state index contributed by atoms with van der Waals surface area (Å²) in [4.78, 5) is 18.7. The van der Waals surface area contributed by atoms with Gasteiger partial charge in [-0.1, -0.05) is 12.1 Å². The maximum absolute atomic E-state index is 12.8. The summed E-state index contributed by atoms with van der Waals surface area (Å²) in [5.74, 6) is -1.05. The summed E-state index contributed by atoms with van der Waals surface area (Å²) in [5, 5.41) is 11.4. The van der Waals surface area contributed by atoms with E-state index in [4.69, 9.17) is 5.11 Å². The number of anilines is 1. The molecule has 19 heavy (non-hydrogen) atoms. The first-order valence-electron chi connectivity index (χ1n) is 5.63. The molecule has 98 valence electrons. The molecule has 1 unspecified atom stereocenters. The third-order valence-electron chi connectivity index (χ3n) is 2.55. The number of aliphatic carboxylic acids is 1. The molecule has 1 heterocycles. The number of nitrogens with zero attached hydrogens (tertiary/aromatic N) is 2. The van der Waals surface area contributed by atoms with E-state index in [1.54, 1.807) is 24.5 Å². The molecule has 2 rings (SSSR count). The molecule has 0 amide bonds. The van der Waals surface area contributed by atoms with Gasteiger partial charge in [0.15, 0.2) is 0 Å². The largest absolute Gasteiger partial charge is 0.480 e. The molecule has 0 aliphatic rings. The van der Waals surface area contributed by atoms with Gasteiger partial charge in [-0.2, -0.15) is 0 Å². The Hall–Kier alpha value is -2.50. The number of halogens is 1. The van der Waals surface area contributed by atoms with E-state index >= 15 is 0 Å². The second-order valence-corrected chi connectivity index (χ2v) is 4.01. The molecule has 1 aromatic heterocycles. The Morgan fingerprint density at radius 1 is 1.21 bits per heavy atom.